The van der Waals surface area contributed by atoms with Crippen LogP contribution in [0.2, 0.25) is 0 Å². The molecule has 0 unspecified atom stereocenters. The van der Waals surface area contributed by atoms with Crippen LogP contribution < -0.4 is 0 Å². The summed E-state index contributed by atoms with van der Waals surface area (Å²) in [6.45, 7) is 0.671. The summed E-state index contributed by atoms with van der Waals surface area (Å²) in [4.78, 5) is 2.59. The number of rotatable bonds is 1. The maximum atomic E-state index is 7.96. The van der Waals surface area contributed by atoms with Gasteiger partial charge in [0.25, 0.3) is 0 Å². The Labute approximate surface area is 52.8 Å². The first-order valence-corrected chi connectivity index (χ1v) is 2.81. The average Bonchev–Trinajstić information content (AvgIpc) is 1.91. The Kier molecular flexibility index (Phi) is 1.99. The highest BCUT2D eigenvalue weighted by atomic mass is 16.5. The minimum atomic E-state index is 0.420. The Balaban J connectivity index is 2.56. The van der Waals surface area contributed by atoms with Crippen LogP contribution in [0.1, 0.15) is 12.8 Å². The third kappa shape index (κ3) is 1.66. The second-order valence-corrected chi connectivity index (χ2v) is 1.72. The topological polar surface area (TPSA) is 58.0 Å². The van der Waals surface area contributed by atoms with Crippen LogP contribution in [0.25, 0.3) is 10.4 Å². The van der Waals surface area contributed by atoms with Crippen molar-refractivity contribution < 1.29 is 4.74 Å². The maximum absolute atomic E-state index is 7.96. The molecule has 0 aromatic heterocycles. The average molecular weight is 125 g/mol. The lowest BCUT2D eigenvalue weighted by molar-refractivity contribution is 0.191. The first-order valence-electron chi connectivity index (χ1n) is 2.81. The van der Waals surface area contributed by atoms with E-state index in [0.717, 1.165) is 12.8 Å². The van der Waals surface area contributed by atoms with E-state index in [4.69, 9.17) is 10.3 Å². The molecule has 0 bridgehead atoms. The van der Waals surface area contributed by atoms with Crippen molar-refractivity contribution in [2.24, 2.45) is 5.11 Å². The molecule has 0 atom stereocenters. The minimum absolute atomic E-state index is 0.420. The standard InChI is InChI=1S/C5H7N3O/c6-8-7-5-3-1-2-4-9-5/h3H,1-2,4H2. The molecule has 1 aliphatic heterocycles. The Morgan fingerprint density at radius 2 is 2.67 bits per heavy atom. The molecule has 0 aromatic carbocycles. The molecular weight excluding hydrogens is 118 g/mol. The fraction of sp³-hybridized carbons (Fsp3) is 0.600. The van der Waals surface area contributed by atoms with Crippen LogP contribution in [-0.2, 0) is 4.74 Å². The summed E-state index contributed by atoms with van der Waals surface area (Å²) in [6.07, 6.45) is 3.77. The maximum Gasteiger partial charge on any atom is 0.178 e. The smallest absolute Gasteiger partial charge is 0.178 e. The van der Waals surface area contributed by atoms with Crippen LogP contribution in [-0.4, -0.2) is 6.61 Å². The van der Waals surface area contributed by atoms with Gasteiger partial charge in [-0.2, -0.15) is 0 Å². The number of ether oxygens (including phenoxy) is 1. The number of allylic oxidation sites excluding steroid dienone is 1. The van der Waals surface area contributed by atoms with E-state index in [0.29, 0.717) is 12.5 Å². The van der Waals surface area contributed by atoms with Gasteiger partial charge in [-0.1, -0.05) is 0 Å². The number of azide groups is 1. The Bertz CT molecular complexity index is 169. The van der Waals surface area contributed by atoms with E-state index in [1.54, 1.807) is 6.08 Å². The highest BCUT2D eigenvalue weighted by molar-refractivity contribution is 4.93. The molecule has 0 N–H and O–H groups in total. The molecule has 1 aliphatic rings. The summed E-state index contributed by atoms with van der Waals surface area (Å²) in [6, 6.07) is 0. The Hall–Kier alpha value is -1.15. The van der Waals surface area contributed by atoms with Gasteiger partial charge in [-0.15, -0.1) is 0 Å². The number of hydrogen-bond donors (Lipinski definition) is 0. The third-order valence-electron chi connectivity index (χ3n) is 1.06. The monoisotopic (exact) mass is 125 g/mol. The molecule has 0 aromatic rings. The zero-order chi connectivity index (χ0) is 6.53. The van der Waals surface area contributed by atoms with Crippen molar-refractivity contribution in [3.8, 4) is 0 Å². The first-order chi connectivity index (χ1) is 4.43. The van der Waals surface area contributed by atoms with Gasteiger partial charge in [0.15, 0.2) is 5.88 Å². The molecule has 0 radical (unpaired) electrons. The van der Waals surface area contributed by atoms with Crippen LogP contribution in [0.3, 0.4) is 0 Å². The van der Waals surface area contributed by atoms with Gasteiger partial charge in [0.1, 0.15) is 0 Å². The number of hydrogen-bond acceptors (Lipinski definition) is 2. The van der Waals surface area contributed by atoms with E-state index in [1.165, 1.54) is 0 Å². The summed E-state index contributed by atoms with van der Waals surface area (Å²) in [7, 11) is 0. The Morgan fingerprint density at radius 1 is 1.78 bits per heavy atom. The molecule has 1 rings (SSSR count). The van der Waals surface area contributed by atoms with Gasteiger partial charge >= 0.3 is 0 Å². The number of nitrogens with zero attached hydrogens (tertiary/aromatic N) is 3. The van der Waals surface area contributed by atoms with Crippen LogP contribution >= 0.6 is 0 Å². The highest BCUT2D eigenvalue weighted by Crippen LogP contribution is 2.09. The van der Waals surface area contributed by atoms with Gasteiger partial charge in [0.05, 0.1) is 6.61 Å². The quantitative estimate of drug-likeness (QED) is 0.300. The summed E-state index contributed by atoms with van der Waals surface area (Å²) in [5.41, 5.74) is 7.96. The molecule has 0 aliphatic carbocycles. The molecule has 0 saturated carbocycles. The van der Waals surface area contributed by atoms with E-state index in [-0.39, 0.29) is 0 Å². The van der Waals surface area contributed by atoms with E-state index < -0.39 is 0 Å². The van der Waals surface area contributed by atoms with Gasteiger partial charge in [-0.05, 0) is 29.6 Å². The molecule has 4 nitrogen and oxygen atoms in total. The molecule has 0 saturated heterocycles. The normalized spacial score (nSPS) is 17.1. The molecule has 0 amide bonds. The van der Waals surface area contributed by atoms with Gasteiger partial charge in [-0.25, -0.2) is 0 Å². The van der Waals surface area contributed by atoms with Crippen molar-refractivity contribution in [3.05, 3.63) is 22.4 Å². The summed E-state index contributed by atoms with van der Waals surface area (Å²) in [5, 5.41) is 3.30. The van der Waals surface area contributed by atoms with Crippen molar-refractivity contribution in [1.82, 2.24) is 0 Å². The zero-order valence-electron chi connectivity index (χ0n) is 4.95. The molecule has 0 spiro atoms. The lowest BCUT2D eigenvalue weighted by atomic mass is 10.3. The largest absolute Gasteiger partial charge is 0.492 e. The molecule has 0 fully saturated rings. The van der Waals surface area contributed by atoms with Crippen LogP contribution in [0.5, 0.6) is 0 Å². The van der Waals surface area contributed by atoms with Crippen molar-refractivity contribution in [3.63, 3.8) is 0 Å². The predicted octanol–water partition coefficient (Wildman–Crippen LogP) is 1.95. The van der Waals surface area contributed by atoms with Gasteiger partial charge in [-0.3, -0.25) is 0 Å². The van der Waals surface area contributed by atoms with E-state index in [2.05, 4.69) is 10.0 Å². The first kappa shape index (κ1) is 5.98. The predicted molar refractivity (Wildman–Crippen MR) is 32.4 cm³/mol. The van der Waals surface area contributed by atoms with Crippen molar-refractivity contribution in [2.75, 3.05) is 6.61 Å². The summed E-state index contributed by atoms with van der Waals surface area (Å²) >= 11 is 0. The highest BCUT2D eigenvalue weighted by Gasteiger charge is 1.99. The molecule has 48 valence electrons. The lowest BCUT2D eigenvalue weighted by Crippen LogP contribution is -1.97. The summed E-state index contributed by atoms with van der Waals surface area (Å²) in [5.74, 6) is 0.420. The molecule has 9 heavy (non-hydrogen) atoms. The molecule has 1 heterocycles. The van der Waals surface area contributed by atoms with E-state index in [9.17, 15) is 0 Å². The van der Waals surface area contributed by atoms with Gasteiger partial charge in [0.2, 0.25) is 0 Å². The van der Waals surface area contributed by atoms with Gasteiger partial charge < -0.3 is 4.74 Å². The second-order valence-electron chi connectivity index (χ2n) is 1.72. The SMILES string of the molecule is [N-]=[N+]=NC1=CCCCO1. The summed E-state index contributed by atoms with van der Waals surface area (Å²) < 4.78 is 4.96. The van der Waals surface area contributed by atoms with Crippen LogP contribution in [0, 0.1) is 0 Å². The molecular formula is C5H7N3O. The minimum Gasteiger partial charge on any atom is -0.492 e. The molecule has 4 heteroatoms. The van der Waals surface area contributed by atoms with Gasteiger partial charge in [0, 0.05) is 4.91 Å². The zero-order valence-corrected chi connectivity index (χ0v) is 4.95. The van der Waals surface area contributed by atoms with Crippen LogP contribution in [0.15, 0.2) is 17.1 Å². The van der Waals surface area contributed by atoms with Crippen molar-refractivity contribution in [1.29, 1.82) is 0 Å². The van der Waals surface area contributed by atoms with Crippen molar-refractivity contribution >= 4 is 0 Å². The Morgan fingerprint density at radius 3 is 3.22 bits per heavy atom. The van der Waals surface area contributed by atoms with Crippen LogP contribution in [0.4, 0.5) is 0 Å². The lowest BCUT2D eigenvalue weighted by Gasteiger charge is -2.08. The second kappa shape index (κ2) is 2.99. The fourth-order valence-corrected chi connectivity index (χ4v) is 0.658. The third-order valence-corrected chi connectivity index (χ3v) is 1.06. The fourth-order valence-electron chi connectivity index (χ4n) is 0.658. The van der Waals surface area contributed by atoms with E-state index >= 15 is 0 Å². The van der Waals surface area contributed by atoms with Crippen molar-refractivity contribution in [2.45, 2.75) is 12.8 Å². The van der Waals surface area contributed by atoms with E-state index in [1.807, 2.05) is 0 Å².